The fourth-order valence-electron chi connectivity index (χ4n) is 2.41. The van der Waals surface area contributed by atoms with E-state index in [0.29, 0.717) is 33.9 Å². The van der Waals surface area contributed by atoms with Gasteiger partial charge in [-0.15, -0.1) is 0 Å². The largest absolute Gasteiger partial charge is 0.507 e. The average molecular weight is 305 g/mol. The number of aromatic amines is 1. The minimum absolute atomic E-state index is 0.159. The number of carbonyl (C=O) groups is 1. The van der Waals surface area contributed by atoms with Gasteiger partial charge in [0.2, 0.25) is 0 Å². The van der Waals surface area contributed by atoms with Crippen LogP contribution in [0.3, 0.4) is 0 Å². The molecule has 3 aromatic rings. The van der Waals surface area contributed by atoms with Gasteiger partial charge in [-0.25, -0.2) is 0 Å². The van der Waals surface area contributed by atoms with Crippen molar-refractivity contribution in [1.29, 1.82) is 0 Å². The maximum absolute atomic E-state index is 12.8. The van der Waals surface area contributed by atoms with Crippen molar-refractivity contribution in [2.75, 3.05) is 0 Å². The third-order valence-corrected chi connectivity index (χ3v) is 3.44. The fraction of sp³-hybridized carbons (Fsp3) is 0.0625. The van der Waals surface area contributed by atoms with E-state index in [1.165, 1.54) is 24.4 Å². The number of halogens is 3. The molecule has 1 heterocycles. The van der Waals surface area contributed by atoms with Crippen LogP contribution in [-0.2, 0) is 6.18 Å². The number of rotatable bonds is 2. The van der Waals surface area contributed by atoms with E-state index < -0.39 is 11.7 Å². The molecule has 0 aliphatic rings. The van der Waals surface area contributed by atoms with Gasteiger partial charge >= 0.3 is 6.18 Å². The van der Waals surface area contributed by atoms with Crippen molar-refractivity contribution in [3.63, 3.8) is 0 Å². The summed E-state index contributed by atoms with van der Waals surface area (Å²) in [7, 11) is 0. The van der Waals surface area contributed by atoms with Crippen LogP contribution in [0, 0.1) is 0 Å². The molecule has 112 valence electrons. The summed E-state index contributed by atoms with van der Waals surface area (Å²) in [6.45, 7) is 0. The van der Waals surface area contributed by atoms with E-state index in [9.17, 15) is 23.1 Å². The normalized spacial score (nSPS) is 11.8. The van der Waals surface area contributed by atoms with Crippen LogP contribution >= 0.6 is 0 Å². The van der Waals surface area contributed by atoms with E-state index in [-0.39, 0.29) is 5.75 Å². The molecule has 2 N–H and O–H groups in total. The van der Waals surface area contributed by atoms with Crippen molar-refractivity contribution in [1.82, 2.24) is 4.98 Å². The number of fused-ring (bicyclic) bond motifs is 1. The second-order valence-corrected chi connectivity index (χ2v) is 4.86. The molecule has 0 radical (unpaired) electrons. The Labute approximate surface area is 123 Å². The first kappa shape index (κ1) is 14.2. The van der Waals surface area contributed by atoms with Gasteiger partial charge in [0.05, 0.1) is 16.5 Å². The lowest BCUT2D eigenvalue weighted by molar-refractivity contribution is -0.137. The number of H-pyrrole nitrogens is 1. The molecule has 0 saturated carbocycles. The summed E-state index contributed by atoms with van der Waals surface area (Å²) in [5, 5.41) is 10.4. The SMILES string of the molecule is O=Cc1c[nH]c2cc(-c3cccc(C(F)(F)F)c3)cc(O)c12. The maximum Gasteiger partial charge on any atom is 0.416 e. The van der Waals surface area contributed by atoms with Crippen molar-refractivity contribution < 1.29 is 23.1 Å². The molecule has 0 spiro atoms. The molecule has 3 nitrogen and oxygen atoms in total. The summed E-state index contributed by atoms with van der Waals surface area (Å²) in [6.07, 6.45) is -2.39. The maximum atomic E-state index is 12.8. The fourth-order valence-corrected chi connectivity index (χ4v) is 2.41. The van der Waals surface area contributed by atoms with Crippen LogP contribution in [0.4, 0.5) is 13.2 Å². The van der Waals surface area contributed by atoms with E-state index >= 15 is 0 Å². The van der Waals surface area contributed by atoms with Crippen molar-refractivity contribution in [2.45, 2.75) is 6.18 Å². The number of aromatic hydroxyl groups is 1. The van der Waals surface area contributed by atoms with Gasteiger partial charge in [0.1, 0.15) is 5.75 Å². The van der Waals surface area contributed by atoms with Crippen molar-refractivity contribution in [3.05, 3.63) is 53.7 Å². The monoisotopic (exact) mass is 305 g/mol. The molecule has 0 amide bonds. The van der Waals surface area contributed by atoms with Crippen LogP contribution in [0.5, 0.6) is 5.75 Å². The molecule has 3 rings (SSSR count). The van der Waals surface area contributed by atoms with Crippen LogP contribution < -0.4 is 0 Å². The third kappa shape index (κ3) is 2.32. The summed E-state index contributed by atoms with van der Waals surface area (Å²) in [6, 6.07) is 7.78. The Morgan fingerprint density at radius 1 is 1.09 bits per heavy atom. The molecule has 22 heavy (non-hydrogen) atoms. The first-order valence-corrected chi connectivity index (χ1v) is 6.37. The zero-order valence-corrected chi connectivity index (χ0v) is 11.1. The number of benzene rings is 2. The van der Waals surface area contributed by atoms with E-state index in [2.05, 4.69) is 4.98 Å². The Balaban J connectivity index is 2.17. The summed E-state index contributed by atoms with van der Waals surface area (Å²) in [5.41, 5.74) is 0.770. The quantitative estimate of drug-likeness (QED) is 0.691. The van der Waals surface area contributed by atoms with Gasteiger partial charge in [-0.2, -0.15) is 13.2 Å². The number of hydrogen-bond donors (Lipinski definition) is 2. The number of aldehydes is 1. The number of phenolic OH excluding ortho intramolecular Hbond substituents is 1. The number of nitrogens with one attached hydrogen (secondary N) is 1. The lowest BCUT2D eigenvalue weighted by Gasteiger charge is -2.09. The highest BCUT2D eigenvalue weighted by Gasteiger charge is 2.30. The number of aromatic nitrogens is 1. The van der Waals surface area contributed by atoms with E-state index in [0.717, 1.165) is 12.1 Å². The summed E-state index contributed by atoms with van der Waals surface area (Å²) < 4.78 is 38.3. The van der Waals surface area contributed by atoms with Crippen LogP contribution in [0.15, 0.2) is 42.6 Å². The van der Waals surface area contributed by atoms with Crippen LogP contribution in [-0.4, -0.2) is 16.4 Å². The molecule has 6 heteroatoms. The lowest BCUT2D eigenvalue weighted by Crippen LogP contribution is -2.04. The minimum Gasteiger partial charge on any atom is -0.507 e. The predicted molar refractivity (Wildman–Crippen MR) is 75.8 cm³/mol. The standard InChI is InChI=1S/C16H10F3NO2/c17-16(18,19)12-3-1-2-9(4-12)10-5-13-15(14(22)6-10)11(8-21)7-20-13/h1-8,20,22H. The molecule has 0 unspecified atom stereocenters. The van der Waals surface area contributed by atoms with E-state index in [4.69, 9.17) is 0 Å². The highest BCUT2D eigenvalue weighted by molar-refractivity contribution is 6.02. The molecule has 0 aliphatic heterocycles. The summed E-state index contributed by atoms with van der Waals surface area (Å²) in [5.74, 6) is -0.159. The molecule has 0 atom stereocenters. The first-order valence-electron chi connectivity index (χ1n) is 6.37. The molecule has 0 aliphatic carbocycles. The van der Waals surface area contributed by atoms with Crippen LogP contribution in [0.25, 0.3) is 22.0 Å². The molecule has 0 bridgehead atoms. The van der Waals surface area contributed by atoms with Crippen molar-refractivity contribution >= 4 is 17.2 Å². The number of carbonyl (C=O) groups excluding carboxylic acids is 1. The zero-order chi connectivity index (χ0) is 15.9. The molecule has 2 aromatic carbocycles. The molecule has 0 fully saturated rings. The molecule has 0 saturated heterocycles. The number of hydrogen-bond acceptors (Lipinski definition) is 2. The number of alkyl halides is 3. The highest BCUT2D eigenvalue weighted by Crippen LogP contribution is 2.36. The Bertz CT molecular complexity index is 865. The van der Waals surface area contributed by atoms with Crippen molar-refractivity contribution in [2.24, 2.45) is 0 Å². The minimum atomic E-state index is -4.43. The first-order chi connectivity index (χ1) is 10.4. The summed E-state index contributed by atoms with van der Waals surface area (Å²) >= 11 is 0. The third-order valence-electron chi connectivity index (χ3n) is 3.44. The lowest BCUT2D eigenvalue weighted by atomic mass is 10.0. The Hall–Kier alpha value is -2.76. The van der Waals surface area contributed by atoms with Crippen LogP contribution in [0.2, 0.25) is 0 Å². The van der Waals surface area contributed by atoms with Gasteiger partial charge in [-0.1, -0.05) is 12.1 Å². The zero-order valence-electron chi connectivity index (χ0n) is 11.1. The molecular weight excluding hydrogens is 295 g/mol. The predicted octanol–water partition coefficient (Wildman–Crippen LogP) is 4.37. The average Bonchev–Trinajstić information content (AvgIpc) is 2.90. The second-order valence-electron chi connectivity index (χ2n) is 4.86. The highest BCUT2D eigenvalue weighted by atomic mass is 19.4. The van der Waals surface area contributed by atoms with Crippen LogP contribution in [0.1, 0.15) is 15.9 Å². The van der Waals surface area contributed by atoms with Gasteiger partial charge in [0.15, 0.2) is 6.29 Å². The van der Waals surface area contributed by atoms with E-state index in [1.54, 1.807) is 6.07 Å². The summed E-state index contributed by atoms with van der Waals surface area (Å²) in [4.78, 5) is 13.7. The topological polar surface area (TPSA) is 53.1 Å². The smallest absolute Gasteiger partial charge is 0.416 e. The van der Waals surface area contributed by atoms with Crippen molar-refractivity contribution in [3.8, 4) is 16.9 Å². The Morgan fingerprint density at radius 2 is 1.86 bits per heavy atom. The van der Waals surface area contributed by atoms with Gasteiger partial charge in [0, 0.05) is 11.8 Å². The second kappa shape index (κ2) is 4.91. The van der Waals surface area contributed by atoms with Gasteiger partial charge in [-0.05, 0) is 35.4 Å². The van der Waals surface area contributed by atoms with Gasteiger partial charge < -0.3 is 10.1 Å². The Kier molecular flexibility index (Phi) is 3.16. The van der Waals surface area contributed by atoms with Gasteiger partial charge in [-0.3, -0.25) is 4.79 Å². The van der Waals surface area contributed by atoms with E-state index in [1.807, 2.05) is 0 Å². The Morgan fingerprint density at radius 3 is 2.55 bits per heavy atom. The molecule has 1 aromatic heterocycles. The van der Waals surface area contributed by atoms with Gasteiger partial charge in [0.25, 0.3) is 0 Å². The number of phenols is 1. The molecular formula is C16H10F3NO2.